The molecule has 0 aromatic carbocycles. The zero-order valence-corrected chi connectivity index (χ0v) is 11.5. The minimum Gasteiger partial charge on any atom is -0.395 e. The Morgan fingerprint density at radius 2 is 2.00 bits per heavy atom. The van der Waals surface area contributed by atoms with Crippen LogP contribution in [0.4, 0.5) is 0 Å². The molecule has 1 N–H and O–H groups in total. The van der Waals surface area contributed by atoms with E-state index in [9.17, 15) is 4.79 Å². The first-order valence-electron chi connectivity index (χ1n) is 5.58. The van der Waals surface area contributed by atoms with Crippen molar-refractivity contribution in [2.24, 2.45) is 5.92 Å². The minimum atomic E-state index is -0.138. The number of amides is 1. The van der Waals surface area contributed by atoms with Crippen LogP contribution >= 0.6 is 15.9 Å². The van der Waals surface area contributed by atoms with E-state index in [0.717, 1.165) is 19.4 Å². The van der Waals surface area contributed by atoms with E-state index < -0.39 is 0 Å². The molecule has 0 bridgehead atoms. The summed E-state index contributed by atoms with van der Waals surface area (Å²) in [5, 5.41) is 8.90. The van der Waals surface area contributed by atoms with Gasteiger partial charge in [-0.1, -0.05) is 43.1 Å². The molecule has 90 valence electrons. The van der Waals surface area contributed by atoms with Crippen molar-refractivity contribution in [1.29, 1.82) is 0 Å². The lowest BCUT2D eigenvalue weighted by atomic mass is 10.1. The van der Waals surface area contributed by atoms with Gasteiger partial charge in [0.15, 0.2) is 0 Å². The van der Waals surface area contributed by atoms with Crippen LogP contribution in [0.1, 0.15) is 33.6 Å². The number of aliphatic hydroxyl groups is 1. The number of unbranched alkanes of at least 4 members (excludes halogenated alkanes) is 1. The Kier molecular flexibility index (Phi) is 8.06. The highest BCUT2D eigenvalue weighted by Gasteiger charge is 2.23. The number of alkyl halides is 1. The molecule has 0 spiro atoms. The van der Waals surface area contributed by atoms with E-state index in [1.165, 1.54) is 0 Å². The zero-order chi connectivity index (χ0) is 11.8. The molecule has 1 amide bonds. The monoisotopic (exact) mass is 279 g/mol. The van der Waals surface area contributed by atoms with Crippen LogP contribution in [0.3, 0.4) is 0 Å². The summed E-state index contributed by atoms with van der Waals surface area (Å²) < 4.78 is 0. The second kappa shape index (κ2) is 8.11. The van der Waals surface area contributed by atoms with Crippen molar-refractivity contribution in [3.63, 3.8) is 0 Å². The van der Waals surface area contributed by atoms with E-state index in [0.29, 0.717) is 6.54 Å². The maximum absolute atomic E-state index is 11.9. The minimum absolute atomic E-state index is 0.0350. The number of aliphatic hydroxyl groups excluding tert-OH is 1. The molecule has 0 aliphatic carbocycles. The maximum Gasteiger partial charge on any atom is 0.236 e. The Morgan fingerprint density at radius 3 is 2.40 bits per heavy atom. The molecule has 3 nitrogen and oxygen atoms in total. The van der Waals surface area contributed by atoms with Crippen molar-refractivity contribution in [2.75, 3.05) is 19.7 Å². The van der Waals surface area contributed by atoms with Crippen molar-refractivity contribution in [3.05, 3.63) is 0 Å². The second-order valence-corrected chi connectivity index (χ2v) is 5.03. The largest absolute Gasteiger partial charge is 0.395 e. The molecule has 0 saturated heterocycles. The van der Waals surface area contributed by atoms with Gasteiger partial charge in [0.2, 0.25) is 5.91 Å². The van der Waals surface area contributed by atoms with Crippen molar-refractivity contribution >= 4 is 21.8 Å². The first-order chi connectivity index (χ1) is 7.04. The molecule has 0 aliphatic rings. The van der Waals surface area contributed by atoms with E-state index in [1.807, 2.05) is 13.8 Å². The van der Waals surface area contributed by atoms with Gasteiger partial charge in [-0.3, -0.25) is 4.79 Å². The Labute approximate surface area is 101 Å². The lowest BCUT2D eigenvalue weighted by Crippen LogP contribution is -2.40. The third-order valence-corrected chi connectivity index (χ3v) is 3.73. The van der Waals surface area contributed by atoms with Crippen molar-refractivity contribution in [2.45, 2.75) is 38.4 Å². The summed E-state index contributed by atoms with van der Waals surface area (Å²) in [4.78, 5) is 13.5. The molecule has 0 rings (SSSR count). The van der Waals surface area contributed by atoms with Crippen LogP contribution in [0, 0.1) is 5.92 Å². The maximum atomic E-state index is 11.9. The standard InChI is InChI=1S/C11H22BrNO2/c1-4-5-6-13(7-8-14)11(15)10(12)9(2)3/h9-10,14H,4-8H2,1-3H3. The van der Waals surface area contributed by atoms with Crippen molar-refractivity contribution in [3.8, 4) is 0 Å². The van der Waals surface area contributed by atoms with Crippen LogP contribution in [0.5, 0.6) is 0 Å². The molecule has 0 aromatic heterocycles. The van der Waals surface area contributed by atoms with Crippen molar-refractivity contribution < 1.29 is 9.90 Å². The van der Waals surface area contributed by atoms with E-state index in [2.05, 4.69) is 22.9 Å². The topological polar surface area (TPSA) is 40.5 Å². The number of hydrogen-bond acceptors (Lipinski definition) is 2. The predicted molar refractivity (Wildman–Crippen MR) is 66.1 cm³/mol. The first kappa shape index (κ1) is 14.9. The van der Waals surface area contributed by atoms with Crippen molar-refractivity contribution in [1.82, 2.24) is 4.90 Å². The van der Waals surface area contributed by atoms with Crippen LogP contribution in [0.25, 0.3) is 0 Å². The Morgan fingerprint density at radius 1 is 1.40 bits per heavy atom. The summed E-state index contributed by atoms with van der Waals surface area (Å²) in [5.41, 5.74) is 0. The van der Waals surface area contributed by atoms with E-state index >= 15 is 0 Å². The van der Waals surface area contributed by atoms with Gasteiger partial charge in [-0.2, -0.15) is 0 Å². The predicted octanol–water partition coefficient (Wildman–Crippen LogP) is 2.03. The Balaban J connectivity index is 4.26. The number of halogens is 1. The van der Waals surface area contributed by atoms with Gasteiger partial charge in [-0.15, -0.1) is 0 Å². The first-order valence-corrected chi connectivity index (χ1v) is 6.49. The average molecular weight is 280 g/mol. The summed E-state index contributed by atoms with van der Waals surface area (Å²) >= 11 is 3.40. The third-order valence-electron chi connectivity index (χ3n) is 2.28. The quantitative estimate of drug-likeness (QED) is 0.725. The summed E-state index contributed by atoms with van der Waals surface area (Å²) in [6.07, 6.45) is 2.05. The van der Waals surface area contributed by atoms with Crippen LogP contribution in [0.2, 0.25) is 0 Å². The van der Waals surface area contributed by atoms with Crippen LogP contribution in [-0.4, -0.2) is 40.4 Å². The molecular weight excluding hydrogens is 258 g/mol. The second-order valence-electron chi connectivity index (χ2n) is 4.05. The van der Waals surface area contributed by atoms with Gasteiger partial charge in [0.25, 0.3) is 0 Å². The van der Waals surface area contributed by atoms with Gasteiger partial charge < -0.3 is 10.0 Å². The Hall–Kier alpha value is -0.0900. The highest BCUT2D eigenvalue weighted by Crippen LogP contribution is 2.15. The zero-order valence-electron chi connectivity index (χ0n) is 9.87. The fourth-order valence-electron chi connectivity index (χ4n) is 1.26. The molecule has 0 aromatic rings. The normalized spacial score (nSPS) is 12.9. The van der Waals surface area contributed by atoms with E-state index in [-0.39, 0.29) is 23.3 Å². The number of rotatable bonds is 7. The molecular formula is C11H22BrNO2. The SMILES string of the molecule is CCCCN(CCO)C(=O)C(Br)C(C)C. The third kappa shape index (κ3) is 5.52. The van der Waals surface area contributed by atoms with Gasteiger partial charge >= 0.3 is 0 Å². The molecule has 0 aliphatic heterocycles. The van der Waals surface area contributed by atoms with E-state index in [1.54, 1.807) is 4.90 Å². The van der Waals surface area contributed by atoms with Crippen LogP contribution in [-0.2, 0) is 4.79 Å². The number of carbonyl (C=O) groups is 1. The fraction of sp³-hybridized carbons (Fsp3) is 0.909. The van der Waals surface area contributed by atoms with Gasteiger partial charge in [0, 0.05) is 13.1 Å². The van der Waals surface area contributed by atoms with E-state index in [4.69, 9.17) is 5.11 Å². The summed E-state index contributed by atoms with van der Waals surface area (Å²) in [6.45, 7) is 7.32. The molecule has 0 fully saturated rings. The van der Waals surface area contributed by atoms with Gasteiger partial charge in [-0.25, -0.2) is 0 Å². The molecule has 1 atom stereocenters. The number of nitrogens with zero attached hydrogens (tertiary/aromatic N) is 1. The smallest absolute Gasteiger partial charge is 0.236 e. The summed E-state index contributed by atoms with van der Waals surface area (Å²) in [7, 11) is 0. The van der Waals surface area contributed by atoms with Gasteiger partial charge in [-0.05, 0) is 12.3 Å². The highest BCUT2D eigenvalue weighted by atomic mass is 79.9. The number of hydrogen-bond donors (Lipinski definition) is 1. The molecule has 0 saturated carbocycles. The van der Waals surface area contributed by atoms with Gasteiger partial charge in [0.1, 0.15) is 0 Å². The van der Waals surface area contributed by atoms with Crippen LogP contribution < -0.4 is 0 Å². The lowest BCUT2D eigenvalue weighted by molar-refractivity contribution is -0.131. The number of carbonyl (C=O) groups excluding carboxylic acids is 1. The van der Waals surface area contributed by atoms with Crippen LogP contribution in [0.15, 0.2) is 0 Å². The van der Waals surface area contributed by atoms with Gasteiger partial charge in [0.05, 0.1) is 11.4 Å². The lowest BCUT2D eigenvalue weighted by Gasteiger charge is -2.25. The molecule has 0 radical (unpaired) electrons. The molecule has 1 unspecified atom stereocenters. The molecule has 4 heteroatoms. The average Bonchev–Trinajstić information content (AvgIpc) is 2.22. The highest BCUT2D eigenvalue weighted by molar-refractivity contribution is 9.10. The molecule has 15 heavy (non-hydrogen) atoms. The fourth-order valence-corrected chi connectivity index (χ4v) is 1.55. The summed E-state index contributed by atoms with van der Waals surface area (Å²) in [6, 6.07) is 0. The molecule has 0 heterocycles. The Bertz CT molecular complexity index is 185. The summed E-state index contributed by atoms with van der Waals surface area (Å²) in [5.74, 6) is 0.368.